The third kappa shape index (κ3) is 3.51. The number of hydrogen-bond donors (Lipinski definition) is 0. The maximum atomic E-state index is 12.7. The summed E-state index contributed by atoms with van der Waals surface area (Å²) in [5.74, 6) is 0.789. The standard InChI is InChI=1S/C16H23ClN2O/c1-4-5-14-9-13(10-15(17)18-14)16(20)19-7-6-11(2)8-12(19)3/h9-12H,4-8H2,1-3H3. The molecule has 2 heterocycles. The van der Waals surface area contributed by atoms with Crippen LogP contribution in [-0.2, 0) is 6.42 Å². The van der Waals surface area contributed by atoms with E-state index in [4.69, 9.17) is 11.6 Å². The summed E-state index contributed by atoms with van der Waals surface area (Å²) in [6.45, 7) is 7.31. The number of amides is 1. The van der Waals surface area contributed by atoms with Crippen LogP contribution in [0.15, 0.2) is 12.1 Å². The van der Waals surface area contributed by atoms with Crippen molar-refractivity contribution in [3.8, 4) is 0 Å². The maximum Gasteiger partial charge on any atom is 0.254 e. The van der Waals surface area contributed by atoms with E-state index in [2.05, 4.69) is 25.8 Å². The van der Waals surface area contributed by atoms with Crippen LogP contribution in [0.5, 0.6) is 0 Å². The van der Waals surface area contributed by atoms with E-state index in [0.29, 0.717) is 22.7 Å². The summed E-state index contributed by atoms with van der Waals surface area (Å²) < 4.78 is 0. The monoisotopic (exact) mass is 294 g/mol. The van der Waals surface area contributed by atoms with Crippen molar-refractivity contribution in [3.63, 3.8) is 0 Å². The number of nitrogens with zero attached hydrogens (tertiary/aromatic N) is 2. The summed E-state index contributed by atoms with van der Waals surface area (Å²) in [6.07, 6.45) is 4.01. The normalized spacial score (nSPS) is 22.9. The lowest BCUT2D eigenvalue weighted by molar-refractivity contribution is 0.0588. The molecule has 0 N–H and O–H groups in total. The van der Waals surface area contributed by atoms with E-state index in [0.717, 1.165) is 37.9 Å². The Kier molecular flexibility index (Phi) is 5.03. The van der Waals surface area contributed by atoms with Crippen LogP contribution in [0.25, 0.3) is 0 Å². The molecule has 1 fully saturated rings. The van der Waals surface area contributed by atoms with Crippen LogP contribution in [0.2, 0.25) is 5.15 Å². The molecular weight excluding hydrogens is 272 g/mol. The molecule has 2 rings (SSSR count). The lowest BCUT2D eigenvalue weighted by atomic mass is 9.93. The van der Waals surface area contributed by atoms with Gasteiger partial charge in [0.15, 0.2) is 0 Å². The van der Waals surface area contributed by atoms with Crippen LogP contribution in [0.3, 0.4) is 0 Å². The van der Waals surface area contributed by atoms with Gasteiger partial charge in [-0.25, -0.2) is 4.98 Å². The number of rotatable bonds is 3. The molecule has 0 radical (unpaired) electrons. The largest absolute Gasteiger partial charge is 0.336 e. The van der Waals surface area contributed by atoms with E-state index in [1.165, 1.54) is 0 Å². The molecule has 0 saturated carbocycles. The fraction of sp³-hybridized carbons (Fsp3) is 0.625. The number of carbonyl (C=O) groups is 1. The van der Waals surface area contributed by atoms with E-state index in [-0.39, 0.29) is 5.91 Å². The Balaban J connectivity index is 2.20. The average Bonchev–Trinajstić information content (AvgIpc) is 2.37. The maximum absolute atomic E-state index is 12.7. The van der Waals surface area contributed by atoms with Crippen molar-refractivity contribution < 1.29 is 4.79 Å². The summed E-state index contributed by atoms with van der Waals surface area (Å²) >= 11 is 6.05. The van der Waals surface area contributed by atoms with E-state index >= 15 is 0 Å². The Bertz CT molecular complexity index is 489. The molecule has 1 aromatic rings. The smallest absolute Gasteiger partial charge is 0.254 e. The molecule has 0 bridgehead atoms. The Hall–Kier alpha value is -1.09. The molecule has 2 unspecified atom stereocenters. The highest BCUT2D eigenvalue weighted by Crippen LogP contribution is 2.24. The number of likely N-dealkylation sites (tertiary alicyclic amines) is 1. The third-order valence-electron chi connectivity index (χ3n) is 4.00. The molecule has 0 aromatic carbocycles. The van der Waals surface area contributed by atoms with Crippen LogP contribution in [-0.4, -0.2) is 28.4 Å². The van der Waals surface area contributed by atoms with Gasteiger partial charge in [0.25, 0.3) is 5.91 Å². The summed E-state index contributed by atoms with van der Waals surface area (Å²) in [6, 6.07) is 3.88. The Labute approximate surface area is 126 Å². The van der Waals surface area contributed by atoms with Crippen LogP contribution < -0.4 is 0 Å². The van der Waals surface area contributed by atoms with Crippen molar-refractivity contribution in [2.75, 3.05) is 6.54 Å². The molecule has 1 amide bonds. The van der Waals surface area contributed by atoms with Crippen molar-refractivity contribution in [1.82, 2.24) is 9.88 Å². The number of pyridine rings is 1. The zero-order chi connectivity index (χ0) is 14.7. The molecule has 1 aliphatic rings. The molecule has 1 saturated heterocycles. The summed E-state index contributed by atoms with van der Waals surface area (Å²) in [7, 11) is 0. The van der Waals surface area contributed by atoms with Crippen molar-refractivity contribution >= 4 is 17.5 Å². The second-order valence-electron chi connectivity index (χ2n) is 5.90. The van der Waals surface area contributed by atoms with Gasteiger partial charge in [0.2, 0.25) is 0 Å². The fourth-order valence-corrected chi connectivity index (χ4v) is 3.16. The van der Waals surface area contributed by atoms with E-state index in [1.54, 1.807) is 6.07 Å². The van der Waals surface area contributed by atoms with Crippen LogP contribution in [0.1, 0.15) is 56.1 Å². The van der Waals surface area contributed by atoms with Gasteiger partial charge < -0.3 is 4.90 Å². The summed E-state index contributed by atoms with van der Waals surface area (Å²) in [5, 5.41) is 0.414. The Morgan fingerprint density at radius 2 is 2.20 bits per heavy atom. The topological polar surface area (TPSA) is 33.2 Å². The number of hydrogen-bond acceptors (Lipinski definition) is 2. The fourth-order valence-electron chi connectivity index (χ4n) is 2.93. The van der Waals surface area contributed by atoms with Gasteiger partial charge in [-0.05, 0) is 44.2 Å². The number of piperidine rings is 1. The molecule has 1 aromatic heterocycles. The highest BCUT2D eigenvalue weighted by atomic mass is 35.5. The first-order valence-electron chi connectivity index (χ1n) is 7.48. The molecule has 110 valence electrons. The minimum atomic E-state index is 0.0889. The van der Waals surface area contributed by atoms with Gasteiger partial charge in [-0.15, -0.1) is 0 Å². The number of carbonyl (C=O) groups excluding carboxylic acids is 1. The van der Waals surface area contributed by atoms with Gasteiger partial charge >= 0.3 is 0 Å². The van der Waals surface area contributed by atoms with Gasteiger partial charge in [-0.2, -0.15) is 0 Å². The second kappa shape index (κ2) is 6.57. The molecule has 0 spiro atoms. The first kappa shape index (κ1) is 15.3. The van der Waals surface area contributed by atoms with Crippen molar-refractivity contribution in [2.24, 2.45) is 5.92 Å². The molecule has 3 nitrogen and oxygen atoms in total. The average molecular weight is 295 g/mol. The first-order chi connectivity index (χ1) is 9.51. The highest BCUT2D eigenvalue weighted by Gasteiger charge is 2.27. The van der Waals surface area contributed by atoms with Crippen molar-refractivity contribution in [3.05, 3.63) is 28.5 Å². The minimum absolute atomic E-state index is 0.0889. The van der Waals surface area contributed by atoms with E-state index in [9.17, 15) is 4.79 Å². The summed E-state index contributed by atoms with van der Waals surface area (Å²) in [4.78, 5) is 18.9. The first-order valence-corrected chi connectivity index (χ1v) is 7.86. The van der Waals surface area contributed by atoms with Crippen molar-refractivity contribution in [1.29, 1.82) is 0 Å². The number of halogens is 1. The third-order valence-corrected chi connectivity index (χ3v) is 4.19. The minimum Gasteiger partial charge on any atom is -0.336 e. The molecular formula is C16H23ClN2O. The van der Waals surface area contributed by atoms with Crippen LogP contribution in [0.4, 0.5) is 0 Å². The molecule has 4 heteroatoms. The van der Waals surface area contributed by atoms with E-state index < -0.39 is 0 Å². The van der Waals surface area contributed by atoms with E-state index in [1.807, 2.05) is 11.0 Å². The van der Waals surface area contributed by atoms with Gasteiger partial charge in [0, 0.05) is 23.8 Å². The second-order valence-corrected chi connectivity index (χ2v) is 6.28. The molecule has 20 heavy (non-hydrogen) atoms. The number of aryl methyl sites for hydroxylation is 1. The SMILES string of the molecule is CCCc1cc(C(=O)N2CCC(C)CC2C)cc(Cl)n1. The van der Waals surface area contributed by atoms with Gasteiger partial charge in [-0.3, -0.25) is 4.79 Å². The van der Waals surface area contributed by atoms with Crippen molar-refractivity contribution in [2.45, 2.75) is 52.5 Å². The molecule has 1 aliphatic heterocycles. The molecule has 0 aliphatic carbocycles. The Morgan fingerprint density at radius 3 is 2.85 bits per heavy atom. The van der Waals surface area contributed by atoms with Gasteiger partial charge in [0.1, 0.15) is 5.15 Å². The zero-order valence-electron chi connectivity index (χ0n) is 12.5. The lowest BCUT2D eigenvalue weighted by Gasteiger charge is -2.36. The molecule has 2 atom stereocenters. The summed E-state index contributed by atoms with van der Waals surface area (Å²) in [5.41, 5.74) is 1.58. The van der Waals surface area contributed by atoms with Crippen LogP contribution >= 0.6 is 11.6 Å². The number of aromatic nitrogens is 1. The van der Waals surface area contributed by atoms with Crippen LogP contribution in [0, 0.1) is 5.92 Å². The predicted octanol–water partition coefficient (Wildman–Crippen LogP) is 3.95. The lowest BCUT2D eigenvalue weighted by Crippen LogP contribution is -2.44. The quantitative estimate of drug-likeness (QED) is 0.791. The predicted molar refractivity (Wildman–Crippen MR) is 82.1 cm³/mol. The van der Waals surface area contributed by atoms with Gasteiger partial charge in [0.05, 0.1) is 0 Å². The zero-order valence-corrected chi connectivity index (χ0v) is 13.3. The highest BCUT2D eigenvalue weighted by molar-refractivity contribution is 6.29. The van der Waals surface area contributed by atoms with Gasteiger partial charge in [-0.1, -0.05) is 31.9 Å². The Morgan fingerprint density at radius 1 is 1.45 bits per heavy atom.